The van der Waals surface area contributed by atoms with Gasteiger partial charge in [0.25, 0.3) is 0 Å². The number of carbonyl (C=O) groups excluding carboxylic acids is 1. The minimum atomic E-state index is -0.00583. The SMILES string of the molecule is C=CCNC(=O)C(C)SCCC(C)N. The number of carbonyl (C=O) groups is 1. The van der Waals surface area contributed by atoms with Crippen LogP contribution in [0.2, 0.25) is 0 Å². The number of nitrogens with one attached hydrogen (secondary N) is 1. The fourth-order valence-corrected chi connectivity index (χ4v) is 1.92. The maximum Gasteiger partial charge on any atom is 0.233 e. The van der Waals surface area contributed by atoms with Crippen LogP contribution in [0, 0.1) is 0 Å². The highest BCUT2D eigenvalue weighted by Gasteiger charge is 2.11. The van der Waals surface area contributed by atoms with Crippen molar-refractivity contribution in [2.75, 3.05) is 12.3 Å². The summed E-state index contributed by atoms with van der Waals surface area (Å²) in [6.07, 6.45) is 2.63. The average Bonchev–Trinajstić information content (AvgIpc) is 2.13. The standard InChI is InChI=1S/C10H20N2OS/c1-4-6-12-10(13)9(3)14-7-5-8(2)11/h4,8-9H,1,5-7,11H2,2-3H3,(H,12,13). The van der Waals surface area contributed by atoms with Crippen LogP contribution >= 0.6 is 11.8 Å². The van der Waals surface area contributed by atoms with Gasteiger partial charge in [-0.25, -0.2) is 0 Å². The number of amides is 1. The molecule has 0 heterocycles. The molecular weight excluding hydrogens is 196 g/mol. The molecule has 0 aliphatic rings. The second-order valence-electron chi connectivity index (χ2n) is 3.31. The molecule has 0 aromatic heterocycles. The van der Waals surface area contributed by atoms with Crippen molar-refractivity contribution in [2.24, 2.45) is 5.73 Å². The summed E-state index contributed by atoms with van der Waals surface area (Å²) in [6, 6.07) is 0.214. The minimum Gasteiger partial charge on any atom is -0.352 e. The van der Waals surface area contributed by atoms with E-state index in [1.165, 1.54) is 0 Å². The van der Waals surface area contributed by atoms with Crippen molar-refractivity contribution in [1.29, 1.82) is 0 Å². The van der Waals surface area contributed by atoms with Crippen LogP contribution in [-0.4, -0.2) is 29.5 Å². The third kappa shape index (κ3) is 6.97. The molecule has 0 fully saturated rings. The van der Waals surface area contributed by atoms with Crippen LogP contribution in [0.25, 0.3) is 0 Å². The monoisotopic (exact) mass is 216 g/mol. The first-order valence-corrected chi connectivity index (χ1v) is 5.88. The van der Waals surface area contributed by atoms with Gasteiger partial charge in [0.15, 0.2) is 0 Å². The van der Waals surface area contributed by atoms with E-state index in [4.69, 9.17) is 5.73 Å². The molecule has 2 atom stereocenters. The van der Waals surface area contributed by atoms with Gasteiger partial charge in [0.05, 0.1) is 5.25 Å². The van der Waals surface area contributed by atoms with Gasteiger partial charge in [-0.1, -0.05) is 6.08 Å². The number of thioether (sulfide) groups is 1. The zero-order valence-electron chi connectivity index (χ0n) is 8.95. The maximum atomic E-state index is 11.4. The van der Waals surface area contributed by atoms with Crippen molar-refractivity contribution >= 4 is 17.7 Å². The van der Waals surface area contributed by atoms with Crippen molar-refractivity contribution in [1.82, 2.24) is 5.32 Å². The van der Waals surface area contributed by atoms with Gasteiger partial charge in [0.2, 0.25) is 5.91 Å². The zero-order chi connectivity index (χ0) is 11.0. The lowest BCUT2D eigenvalue weighted by atomic mass is 10.3. The van der Waals surface area contributed by atoms with E-state index in [-0.39, 0.29) is 17.2 Å². The van der Waals surface area contributed by atoms with E-state index in [1.54, 1.807) is 17.8 Å². The molecule has 0 saturated heterocycles. The highest BCUT2D eigenvalue weighted by atomic mass is 32.2. The molecule has 3 nitrogen and oxygen atoms in total. The van der Waals surface area contributed by atoms with Crippen LogP contribution < -0.4 is 11.1 Å². The lowest BCUT2D eigenvalue weighted by molar-refractivity contribution is -0.120. The van der Waals surface area contributed by atoms with Crippen LogP contribution in [0.3, 0.4) is 0 Å². The molecule has 0 aromatic rings. The molecule has 0 saturated carbocycles. The Morgan fingerprint density at radius 2 is 2.29 bits per heavy atom. The van der Waals surface area contributed by atoms with Crippen LogP contribution in [0.4, 0.5) is 0 Å². The third-order valence-electron chi connectivity index (χ3n) is 1.73. The second kappa shape index (κ2) is 7.88. The highest BCUT2D eigenvalue weighted by Crippen LogP contribution is 2.12. The predicted octanol–water partition coefficient (Wildman–Crippen LogP) is 1.15. The first-order chi connectivity index (χ1) is 6.57. The van der Waals surface area contributed by atoms with Gasteiger partial charge in [0.1, 0.15) is 0 Å². The molecule has 82 valence electrons. The molecule has 4 heteroatoms. The molecule has 0 spiro atoms. The van der Waals surface area contributed by atoms with Gasteiger partial charge in [0, 0.05) is 12.6 Å². The van der Waals surface area contributed by atoms with E-state index in [0.29, 0.717) is 6.54 Å². The normalized spacial score (nSPS) is 14.5. The number of hydrogen-bond acceptors (Lipinski definition) is 3. The van der Waals surface area contributed by atoms with Crippen LogP contribution in [0.5, 0.6) is 0 Å². The lowest BCUT2D eigenvalue weighted by Gasteiger charge is -2.11. The fraction of sp³-hybridized carbons (Fsp3) is 0.700. The summed E-state index contributed by atoms with van der Waals surface area (Å²) in [7, 11) is 0. The van der Waals surface area contributed by atoms with Gasteiger partial charge in [-0.05, 0) is 26.0 Å². The van der Waals surface area contributed by atoms with Crippen molar-refractivity contribution in [2.45, 2.75) is 31.6 Å². The van der Waals surface area contributed by atoms with Crippen molar-refractivity contribution < 1.29 is 4.79 Å². The maximum absolute atomic E-state index is 11.4. The number of nitrogens with two attached hydrogens (primary N) is 1. The van der Waals surface area contributed by atoms with Gasteiger partial charge in [-0.15, -0.1) is 18.3 Å². The van der Waals surface area contributed by atoms with E-state index in [1.807, 2.05) is 13.8 Å². The Morgan fingerprint density at radius 3 is 2.79 bits per heavy atom. The predicted molar refractivity (Wildman–Crippen MR) is 63.4 cm³/mol. The van der Waals surface area contributed by atoms with Crippen LogP contribution in [0.15, 0.2) is 12.7 Å². The summed E-state index contributed by atoms with van der Waals surface area (Å²) in [5.74, 6) is 1.000. The molecular formula is C10H20N2OS. The molecule has 14 heavy (non-hydrogen) atoms. The van der Waals surface area contributed by atoms with Crippen molar-refractivity contribution in [3.05, 3.63) is 12.7 Å². The average molecular weight is 216 g/mol. The summed E-state index contributed by atoms with van der Waals surface area (Å²) in [5.41, 5.74) is 5.61. The van der Waals surface area contributed by atoms with E-state index in [2.05, 4.69) is 11.9 Å². The Balaban J connectivity index is 3.56. The summed E-state index contributed by atoms with van der Waals surface area (Å²) in [4.78, 5) is 11.4. The molecule has 0 bridgehead atoms. The Bertz CT molecular complexity index is 183. The van der Waals surface area contributed by atoms with Gasteiger partial charge < -0.3 is 11.1 Å². The summed E-state index contributed by atoms with van der Waals surface area (Å²) in [5, 5.41) is 2.76. The lowest BCUT2D eigenvalue weighted by Crippen LogP contribution is -2.31. The molecule has 0 aliphatic carbocycles. The van der Waals surface area contributed by atoms with E-state index in [0.717, 1.165) is 12.2 Å². The van der Waals surface area contributed by atoms with Gasteiger partial charge in [-0.3, -0.25) is 4.79 Å². The molecule has 0 rings (SSSR count). The van der Waals surface area contributed by atoms with E-state index >= 15 is 0 Å². The van der Waals surface area contributed by atoms with Gasteiger partial charge >= 0.3 is 0 Å². The molecule has 0 aromatic carbocycles. The fourth-order valence-electron chi connectivity index (χ4n) is 0.823. The number of hydrogen-bond donors (Lipinski definition) is 2. The Kier molecular flexibility index (Phi) is 7.61. The first kappa shape index (κ1) is 13.5. The summed E-state index contributed by atoms with van der Waals surface area (Å²) in [6.45, 7) is 7.96. The molecule has 3 N–H and O–H groups in total. The van der Waals surface area contributed by atoms with E-state index in [9.17, 15) is 4.79 Å². The van der Waals surface area contributed by atoms with Gasteiger partial charge in [-0.2, -0.15) is 0 Å². The largest absolute Gasteiger partial charge is 0.352 e. The molecule has 1 amide bonds. The minimum absolute atomic E-state index is 0.00583. The molecule has 0 aliphatic heterocycles. The van der Waals surface area contributed by atoms with Crippen LogP contribution in [0.1, 0.15) is 20.3 Å². The summed E-state index contributed by atoms with van der Waals surface area (Å²) < 4.78 is 0. The topological polar surface area (TPSA) is 55.1 Å². The Hall–Kier alpha value is -0.480. The Morgan fingerprint density at radius 1 is 1.64 bits per heavy atom. The molecule has 0 radical (unpaired) electrons. The second-order valence-corrected chi connectivity index (χ2v) is 4.76. The quantitative estimate of drug-likeness (QED) is 0.628. The van der Waals surface area contributed by atoms with Crippen molar-refractivity contribution in [3.8, 4) is 0 Å². The van der Waals surface area contributed by atoms with Crippen molar-refractivity contribution in [3.63, 3.8) is 0 Å². The van der Waals surface area contributed by atoms with Crippen LogP contribution in [-0.2, 0) is 4.79 Å². The van der Waals surface area contributed by atoms with E-state index < -0.39 is 0 Å². The Labute approximate surface area is 90.5 Å². The smallest absolute Gasteiger partial charge is 0.233 e. The summed E-state index contributed by atoms with van der Waals surface area (Å²) >= 11 is 1.64. The first-order valence-electron chi connectivity index (χ1n) is 4.83. The zero-order valence-corrected chi connectivity index (χ0v) is 9.77. The highest BCUT2D eigenvalue weighted by molar-refractivity contribution is 8.00. The third-order valence-corrected chi connectivity index (χ3v) is 2.92. The molecule has 2 unspecified atom stereocenters. The number of rotatable bonds is 7.